The number of guanidine groups is 1. The van der Waals surface area contributed by atoms with Gasteiger partial charge in [-0.25, -0.2) is 9.98 Å². The number of aromatic nitrogens is 1. The summed E-state index contributed by atoms with van der Waals surface area (Å²) in [5.74, 6) is 0.697. The fraction of sp³-hybridized carbons (Fsp3) is 0.706. The van der Waals surface area contributed by atoms with E-state index in [1.807, 2.05) is 6.92 Å². The van der Waals surface area contributed by atoms with Crippen molar-refractivity contribution in [2.75, 3.05) is 19.6 Å². The molecule has 0 bridgehead atoms. The summed E-state index contributed by atoms with van der Waals surface area (Å²) in [5, 5.41) is 10.3. The molecule has 0 radical (unpaired) electrons. The monoisotopic (exact) mass is 405 g/mol. The molecular weight excluding hydrogens is 379 g/mol. The zero-order chi connectivity index (χ0) is 19.7. The van der Waals surface area contributed by atoms with Gasteiger partial charge in [0.15, 0.2) is 11.7 Å². The Bertz CT molecular complexity index is 626. The number of hydrogen-bond donors (Lipinski definition) is 3. The van der Waals surface area contributed by atoms with Crippen molar-refractivity contribution in [1.29, 1.82) is 0 Å². The van der Waals surface area contributed by atoms with Crippen molar-refractivity contribution in [1.82, 2.24) is 20.9 Å². The Labute approximate surface area is 161 Å². The summed E-state index contributed by atoms with van der Waals surface area (Å²) in [7, 11) is 0. The molecule has 1 aliphatic carbocycles. The van der Waals surface area contributed by atoms with Crippen LogP contribution in [0.3, 0.4) is 0 Å². The maximum absolute atomic E-state index is 12.6. The van der Waals surface area contributed by atoms with Crippen LogP contribution in [0.2, 0.25) is 0 Å². The Morgan fingerprint density at radius 1 is 1.22 bits per heavy atom. The molecule has 1 fully saturated rings. The van der Waals surface area contributed by atoms with Crippen molar-refractivity contribution in [3.63, 3.8) is 0 Å². The standard InChI is InChI=1S/C17H26F3N5OS/c1-2-21-16(24-10-14-25-13(11-27-14)17(18,19)20)23-9-8-22-15(26)12-6-4-3-5-7-12/h11-12H,2-10H2,1H3,(H,22,26)(H2,21,23,24). The first-order chi connectivity index (χ1) is 12.9. The number of nitrogens with one attached hydrogen (secondary N) is 3. The van der Waals surface area contributed by atoms with Gasteiger partial charge in [-0.3, -0.25) is 4.79 Å². The number of amides is 1. The molecule has 0 unspecified atom stereocenters. The van der Waals surface area contributed by atoms with Crippen LogP contribution < -0.4 is 16.0 Å². The van der Waals surface area contributed by atoms with Gasteiger partial charge in [0.05, 0.1) is 6.54 Å². The van der Waals surface area contributed by atoms with Crippen LogP contribution in [0.5, 0.6) is 0 Å². The lowest BCUT2D eigenvalue weighted by Gasteiger charge is -2.20. The smallest absolute Gasteiger partial charge is 0.357 e. The molecule has 6 nitrogen and oxygen atoms in total. The van der Waals surface area contributed by atoms with Crippen molar-refractivity contribution in [2.45, 2.75) is 51.7 Å². The summed E-state index contributed by atoms with van der Waals surface area (Å²) < 4.78 is 37.7. The number of alkyl halides is 3. The van der Waals surface area contributed by atoms with E-state index in [9.17, 15) is 18.0 Å². The Morgan fingerprint density at radius 3 is 2.56 bits per heavy atom. The summed E-state index contributed by atoms with van der Waals surface area (Å²) in [6.45, 7) is 3.52. The molecule has 3 N–H and O–H groups in total. The Morgan fingerprint density at radius 2 is 1.93 bits per heavy atom. The Balaban J connectivity index is 1.76. The highest BCUT2D eigenvalue weighted by atomic mass is 32.1. The van der Waals surface area contributed by atoms with E-state index in [0.717, 1.165) is 42.4 Å². The van der Waals surface area contributed by atoms with E-state index in [1.165, 1.54) is 6.42 Å². The molecule has 0 aliphatic heterocycles. The van der Waals surface area contributed by atoms with Crippen molar-refractivity contribution in [3.8, 4) is 0 Å². The minimum absolute atomic E-state index is 0.0600. The lowest BCUT2D eigenvalue weighted by atomic mass is 9.89. The SMILES string of the molecule is CCNC(=NCc1nc(C(F)(F)F)cs1)NCCNC(=O)C1CCCCC1. The van der Waals surface area contributed by atoms with Gasteiger partial charge in [-0.2, -0.15) is 13.2 Å². The first kappa shape index (κ1) is 21.5. The third-order valence-corrected chi connectivity index (χ3v) is 5.09. The predicted octanol–water partition coefficient (Wildman–Crippen LogP) is 2.91. The second kappa shape index (κ2) is 10.5. The summed E-state index contributed by atoms with van der Waals surface area (Å²) >= 11 is 0.934. The number of thiazole rings is 1. The number of aliphatic imine (C=N–C) groups is 1. The van der Waals surface area contributed by atoms with E-state index >= 15 is 0 Å². The van der Waals surface area contributed by atoms with Crippen LogP contribution in [0.15, 0.2) is 10.4 Å². The Hall–Kier alpha value is -1.84. The molecular formula is C17H26F3N5OS. The van der Waals surface area contributed by atoms with Gasteiger partial charge in [0.2, 0.25) is 5.91 Å². The van der Waals surface area contributed by atoms with Crippen LogP contribution in [-0.4, -0.2) is 36.5 Å². The lowest BCUT2D eigenvalue weighted by Crippen LogP contribution is -2.42. The van der Waals surface area contributed by atoms with Crippen LogP contribution in [0.1, 0.15) is 49.7 Å². The predicted molar refractivity (Wildman–Crippen MR) is 99.5 cm³/mol. The van der Waals surface area contributed by atoms with Crippen LogP contribution in [0.25, 0.3) is 0 Å². The largest absolute Gasteiger partial charge is 0.434 e. The maximum atomic E-state index is 12.6. The van der Waals surface area contributed by atoms with E-state index in [2.05, 4.69) is 25.9 Å². The molecule has 1 saturated carbocycles. The Kier molecular flexibility index (Phi) is 8.33. The fourth-order valence-electron chi connectivity index (χ4n) is 2.88. The minimum Gasteiger partial charge on any atom is -0.357 e. The molecule has 27 heavy (non-hydrogen) atoms. The van der Waals surface area contributed by atoms with E-state index < -0.39 is 11.9 Å². The third-order valence-electron chi connectivity index (χ3n) is 4.25. The summed E-state index contributed by atoms with van der Waals surface area (Å²) in [6.07, 6.45) is 0.907. The van der Waals surface area contributed by atoms with E-state index in [1.54, 1.807) is 0 Å². The minimum atomic E-state index is -4.43. The van der Waals surface area contributed by atoms with Crippen molar-refractivity contribution < 1.29 is 18.0 Å². The van der Waals surface area contributed by atoms with Gasteiger partial charge in [-0.1, -0.05) is 19.3 Å². The molecule has 1 heterocycles. The zero-order valence-corrected chi connectivity index (χ0v) is 16.2. The number of hydrogen-bond acceptors (Lipinski definition) is 4. The zero-order valence-electron chi connectivity index (χ0n) is 15.4. The van der Waals surface area contributed by atoms with E-state index in [-0.39, 0.29) is 18.4 Å². The lowest BCUT2D eigenvalue weighted by molar-refractivity contribution is -0.140. The molecule has 1 aromatic heterocycles. The molecule has 1 amide bonds. The number of nitrogens with zero attached hydrogens (tertiary/aromatic N) is 2. The number of carbonyl (C=O) groups is 1. The van der Waals surface area contributed by atoms with Crippen molar-refractivity contribution in [3.05, 3.63) is 16.1 Å². The van der Waals surface area contributed by atoms with Gasteiger partial charge in [0.25, 0.3) is 0 Å². The highest BCUT2D eigenvalue weighted by molar-refractivity contribution is 7.09. The first-order valence-corrected chi connectivity index (χ1v) is 10.1. The highest BCUT2D eigenvalue weighted by Crippen LogP contribution is 2.30. The molecule has 0 aromatic carbocycles. The van der Waals surface area contributed by atoms with E-state index in [4.69, 9.17) is 0 Å². The topological polar surface area (TPSA) is 78.4 Å². The van der Waals surface area contributed by atoms with Gasteiger partial charge >= 0.3 is 6.18 Å². The second-order valence-electron chi connectivity index (χ2n) is 6.37. The van der Waals surface area contributed by atoms with Crippen LogP contribution in [-0.2, 0) is 17.5 Å². The average Bonchev–Trinajstić information content (AvgIpc) is 3.13. The van der Waals surface area contributed by atoms with Crippen LogP contribution in [0.4, 0.5) is 13.2 Å². The van der Waals surface area contributed by atoms with E-state index in [0.29, 0.717) is 30.6 Å². The number of carbonyl (C=O) groups excluding carboxylic acids is 1. The van der Waals surface area contributed by atoms with Crippen molar-refractivity contribution in [2.24, 2.45) is 10.9 Å². The quantitative estimate of drug-likeness (QED) is 0.370. The highest BCUT2D eigenvalue weighted by Gasteiger charge is 2.33. The molecule has 1 aliphatic rings. The summed E-state index contributed by atoms with van der Waals surface area (Å²) in [5.41, 5.74) is -0.888. The van der Waals surface area contributed by atoms with Gasteiger partial charge < -0.3 is 16.0 Å². The van der Waals surface area contributed by atoms with Gasteiger partial charge in [-0.15, -0.1) is 11.3 Å². The molecule has 10 heteroatoms. The summed E-state index contributed by atoms with van der Waals surface area (Å²) in [6, 6.07) is 0. The normalized spacial score (nSPS) is 16.2. The molecule has 0 spiro atoms. The van der Waals surface area contributed by atoms with Gasteiger partial charge in [0, 0.05) is 30.9 Å². The first-order valence-electron chi connectivity index (χ1n) is 9.21. The third kappa shape index (κ3) is 7.36. The molecule has 0 atom stereocenters. The average molecular weight is 405 g/mol. The number of rotatable bonds is 7. The van der Waals surface area contributed by atoms with Gasteiger partial charge in [-0.05, 0) is 19.8 Å². The molecule has 2 rings (SSSR count). The maximum Gasteiger partial charge on any atom is 0.434 e. The van der Waals surface area contributed by atoms with Crippen LogP contribution >= 0.6 is 11.3 Å². The van der Waals surface area contributed by atoms with Crippen LogP contribution in [0, 0.1) is 5.92 Å². The van der Waals surface area contributed by atoms with Gasteiger partial charge in [0.1, 0.15) is 5.01 Å². The molecule has 152 valence electrons. The summed E-state index contributed by atoms with van der Waals surface area (Å²) in [4.78, 5) is 19.9. The van der Waals surface area contributed by atoms with Crippen molar-refractivity contribution >= 4 is 23.2 Å². The second-order valence-corrected chi connectivity index (χ2v) is 7.31. The number of halogens is 3. The molecule has 1 aromatic rings. The fourth-order valence-corrected chi connectivity index (χ4v) is 3.60. The molecule has 0 saturated heterocycles.